The normalized spacial score (nSPS) is 16.8. The molecule has 0 spiro atoms. The highest BCUT2D eigenvalue weighted by molar-refractivity contribution is 5.82. The molecule has 3 heteroatoms. The fraction of sp³-hybridized carbons (Fsp3) is 0.219. The van der Waals surface area contributed by atoms with Gasteiger partial charge in [0.05, 0.1) is 12.5 Å². The zero-order valence-corrected chi connectivity index (χ0v) is 19.9. The van der Waals surface area contributed by atoms with E-state index in [9.17, 15) is 4.79 Å². The molecule has 0 bridgehead atoms. The molecule has 0 amide bonds. The predicted molar refractivity (Wildman–Crippen MR) is 140 cm³/mol. The molecule has 0 radical (unpaired) electrons. The van der Waals surface area contributed by atoms with Gasteiger partial charge in [-0.2, -0.15) is 0 Å². The Hall–Kier alpha value is -3.53. The van der Waals surface area contributed by atoms with E-state index in [-0.39, 0.29) is 11.7 Å². The fourth-order valence-corrected chi connectivity index (χ4v) is 5.10. The summed E-state index contributed by atoms with van der Waals surface area (Å²) in [5.74, 6) is 0.125. The van der Waals surface area contributed by atoms with Crippen LogP contribution in [0.2, 0.25) is 0 Å². The van der Waals surface area contributed by atoms with Gasteiger partial charge in [-0.3, -0.25) is 9.69 Å². The summed E-state index contributed by atoms with van der Waals surface area (Å²) in [5, 5.41) is 0. The summed E-state index contributed by atoms with van der Waals surface area (Å²) in [5.41, 5.74) is 3.64. The maximum absolute atomic E-state index is 13.0. The molecular weight excluding hydrogens is 430 g/mol. The van der Waals surface area contributed by atoms with E-state index in [1.54, 1.807) is 0 Å². The molecule has 1 fully saturated rings. The van der Waals surface area contributed by atoms with Crippen molar-refractivity contribution in [3.8, 4) is 0 Å². The van der Waals surface area contributed by atoms with Crippen molar-refractivity contribution in [2.45, 2.75) is 18.6 Å². The number of likely N-dealkylation sites (tertiary alicyclic amines) is 1. The second-order valence-corrected chi connectivity index (χ2v) is 9.22. The summed E-state index contributed by atoms with van der Waals surface area (Å²) < 4.78 is 6.95. The highest BCUT2D eigenvalue weighted by atomic mass is 16.5. The molecule has 1 aliphatic rings. The van der Waals surface area contributed by atoms with Gasteiger partial charge in [0, 0.05) is 26.1 Å². The zero-order chi connectivity index (χ0) is 23.9. The van der Waals surface area contributed by atoms with Gasteiger partial charge in [0.1, 0.15) is 11.4 Å². The van der Waals surface area contributed by atoms with Crippen molar-refractivity contribution < 1.29 is 9.53 Å². The summed E-state index contributed by atoms with van der Waals surface area (Å²) in [6.07, 6.45) is 0.565. The quantitative estimate of drug-likeness (QED) is 0.298. The minimum Gasteiger partial charge on any atom is -0.360 e. The van der Waals surface area contributed by atoms with E-state index < -0.39 is 5.60 Å². The van der Waals surface area contributed by atoms with Crippen LogP contribution in [0.1, 0.15) is 28.7 Å². The molecule has 0 aromatic heterocycles. The molecule has 1 heterocycles. The number of nitrogens with zero attached hydrogens (tertiary/aromatic N) is 1. The zero-order valence-electron chi connectivity index (χ0n) is 19.9. The highest BCUT2D eigenvalue weighted by Gasteiger charge is 2.39. The van der Waals surface area contributed by atoms with Crippen molar-refractivity contribution in [1.29, 1.82) is 0 Å². The van der Waals surface area contributed by atoms with Crippen LogP contribution in [0.25, 0.3) is 0 Å². The van der Waals surface area contributed by atoms with Crippen molar-refractivity contribution >= 4 is 5.78 Å². The van der Waals surface area contributed by atoms with Crippen LogP contribution in [-0.4, -0.2) is 30.4 Å². The van der Waals surface area contributed by atoms with Gasteiger partial charge in [-0.15, -0.1) is 0 Å². The molecule has 0 aliphatic carbocycles. The third kappa shape index (κ3) is 5.12. The van der Waals surface area contributed by atoms with Crippen molar-refractivity contribution in [3.63, 3.8) is 0 Å². The van der Waals surface area contributed by atoms with Crippen molar-refractivity contribution in [3.05, 3.63) is 144 Å². The number of piperidine rings is 1. The predicted octanol–water partition coefficient (Wildman–Crippen LogP) is 6.09. The van der Waals surface area contributed by atoms with E-state index in [2.05, 4.69) is 65.6 Å². The lowest BCUT2D eigenvalue weighted by molar-refractivity contribution is -0.131. The molecule has 0 saturated carbocycles. The molecule has 0 unspecified atom stereocenters. The Labute approximate surface area is 208 Å². The molecule has 4 aromatic rings. The molecule has 1 atom stereocenters. The molecule has 5 rings (SSSR count). The summed E-state index contributed by atoms with van der Waals surface area (Å²) in [4.78, 5) is 15.4. The molecule has 1 saturated heterocycles. The lowest BCUT2D eigenvalue weighted by Crippen LogP contribution is -2.44. The standard InChI is InChI=1S/C32H31NO2/c34-31-21-22-33(23-26-13-5-1-6-14-26)24-27(31)25-35-32(28-15-7-2-8-16-28,29-17-9-3-10-18-29)30-19-11-4-12-20-30/h1-20,27H,21-25H2/t27-/m1/s1. The lowest BCUT2D eigenvalue weighted by atomic mass is 9.80. The summed E-state index contributed by atoms with van der Waals surface area (Å²) in [7, 11) is 0. The Morgan fingerprint density at radius 3 is 1.63 bits per heavy atom. The van der Waals surface area contributed by atoms with E-state index in [1.807, 2.05) is 60.7 Å². The number of benzene rings is 4. The monoisotopic (exact) mass is 461 g/mol. The second kappa shape index (κ2) is 10.8. The molecule has 0 N–H and O–H groups in total. The van der Waals surface area contributed by atoms with Gasteiger partial charge >= 0.3 is 0 Å². The van der Waals surface area contributed by atoms with E-state index in [0.29, 0.717) is 19.6 Å². The first-order valence-electron chi connectivity index (χ1n) is 12.4. The van der Waals surface area contributed by atoms with E-state index in [1.165, 1.54) is 5.56 Å². The largest absolute Gasteiger partial charge is 0.360 e. The molecule has 176 valence electrons. The first kappa shape index (κ1) is 23.2. The number of ether oxygens (including phenoxy) is 1. The summed E-state index contributed by atoms with van der Waals surface area (Å²) in [6, 6.07) is 41.5. The third-order valence-corrected chi connectivity index (χ3v) is 6.90. The topological polar surface area (TPSA) is 29.5 Å². The van der Waals surface area contributed by atoms with Crippen LogP contribution in [0.3, 0.4) is 0 Å². The number of carbonyl (C=O) groups is 1. The van der Waals surface area contributed by atoms with Gasteiger partial charge in [0.2, 0.25) is 0 Å². The van der Waals surface area contributed by atoms with Gasteiger partial charge in [0.15, 0.2) is 0 Å². The Kier molecular flexibility index (Phi) is 7.17. The first-order valence-corrected chi connectivity index (χ1v) is 12.4. The van der Waals surface area contributed by atoms with Gasteiger partial charge in [0.25, 0.3) is 0 Å². The van der Waals surface area contributed by atoms with Crippen molar-refractivity contribution in [2.75, 3.05) is 19.7 Å². The fourth-order valence-electron chi connectivity index (χ4n) is 5.10. The average molecular weight is 462 g/mol. The minimum absolute atomic E-state index is 0.164. The SMILES string of the molecule is O=C1CCN(Cc2ccccc2)C[C@@H]1COC(c1ccccc1)(c1ccccc1)c1ccccc1. The number of hydrogen-bond donors (Lipinski definition) is 0. The van der Waals surface area contributed by atoms with Crippen LogP contribution in [0.5, 0.6) is 0 Å². The van der Waals surface area contributed by atoms with Gasteiger partial charge in [-0.05, 0) is 22.3 Å². The molecule has 4 aromatic carbocycles. The maximum atomic E-state index is 13.0. The summed E-state index contributed by atoms with van der Waals surface area (Å²) in [6.45, 7) is 2.72. The van der Waals surface area contributed by atoms with E-state index in [4.69, 9.17) is 4.74 Å². The molecular formula is C32H31NO2. The van der Waals surface area contributed by atoms with Crippen molar-refractivity contribution in [1.82, 2.24) is 4.90 Å². The Morgan fingerprint density at radius 2 is 1.14 bits per heavy atom. The van der Waals surface area contributed by atoms with Crippen LogP contribution in [0.15, 0.2) is 121 Å². The molecule has 1 aliphatic heterocycles. The van der Waals surface area contributed by atoms with E-state index >= 15 is 0 Å². The first-order chi connectivity index (χ1) is 17.3. The molecule has 35 heavy (non-hydrogen) atoms. The van der Waals surface area contributed by atoms with Crippen LogP contribution >= 0.6 is 0 Å². The van der Waals surface area contributed by atoms with Crippen LogP contribution < -0.4 is 0 Å². The smallest absolute Gasteiger partial charge is 0.143 e. The van der Waals surface area contributed by atoms with Crippen LogP contribution in [0.4, 0.5) is 0 Å². The number of carbonyl (C=O) groups excluding carboxylic acids is 1. The highest BCUT2D eigenvalue weighted by Crippen LogP contribution is 2.41. The van der Waals surface area contributed by atoms with Gasteiger partial charge in [-0.1, -0.05) is 121 Å². The Bertz CT molecular complexity index is 1110. The van der Waals surface area contributed by atoms with Gasteiger partial charge in [-0.25, -0.2) is 0 Å². The number of hydrogen-bond acceptors (Lipinski definition) is 3. The Balaban J connectivity index is 1.46. The van der Waals surface area contributed by atoms with E-state index in [0.717, 1.165) is 29.8 Å². The number of rotatable bonds is 8. The van der Waals surface area contributed by atoms with Crippen LogP contribution in [-0.2, 0) is 21.7 Å². The number of Topliss-reactive ketones (excluding diaryl/α,β-unsaturated/α-hetero) is 1. The summed E-state index contributed by atoms with van der Waals surface area (Å²) >= 11 is 0. The third-order valence-electron chi connectivity index (χ3n) is 6.90. The van der Waals surface area contributed by atoms with Gasteiger partial charge < -0.3 is 4.74 Å². The second-order valence-electron chi connectivity index (χ2n) is 9.22. The van der Waals surface area contributed by atoms with Crippen LogP contribution in [0, 0.1) is 5.92 Å². The Morgan fingerprint density at radius 1 is 0.686 bits per heavy atom. The minimum atomic E-state index is -0.800. The maximum Gasteiger partial charge on any atom is 0.143 e. The average Bonchev–Trinajstić information content (AvgIpc) is 2.93. The molecule has 3 nitrogen and oxygen atoms in total. The lowest BCUT2D eigenvalue weighted by Gasteiger charge is -2.38. The number of ketones is 1. The van der Waals surface area contributed by atoms with Crippen molar-refractivity contribution in [2.24, 2.45) is 5.92 Å².